The summed E-state index contributed by atoms with van der Waals surface area (Å²) in [6, 6.07) is 5.15. The molecular formula is C15H21BrFN. The first-order valence-electron chi connectivity index (χ1n) is 6.21. The molecule has 0 fully saturated rings. The van der Waals surface area contributed by atoms with Crippen LogP contribution in [-0.4, -0.2) is 12.1 Å². The molecule has 0 bridgehead atoms. The van der Waals surface area contributed by atoms with Crippen molar-refractivity contribution in [2.45, 2.75) is 39.7 Å². The summed E-state index contributed by atoms with van der Waals surface area (Å²) < 4.78 is 14.5. The predicted molar refractivity (Wildman–Crippen MR) is 80.1 cm³/mol. The second kappa shape index (κ2) is 6.48. The van der Waals surface area contributed by atoms with E-state index in [2.05, 4.69) is 48.9 Å². The van der Waals surface area contributed by atoms with E-state index in [1.165, 1.54) is 11.6 Å². The Bertz CT molecular complexity index is 433. The minimum absolute atomic E-state index is 0.0759. The molecule has 0 heterocycles. The van der Waals surface area contributed by atoms with Gasteiger partial charge in [-0.15, -0.1) is 0 Å². The lowest BCUT2D eigenvalue weighted by atomic mass is 10.1. The van der Waals surface area contributed by atoms with Crippen molar-refractivity contribution in [1.29, 1.82) is 0 Å². The standard InChI is InChI=1S/C15H21BrFN/c1-5-11(10-18-15(2,3)4)8-12-6-7-13(16)9-14(12)17/h6-9,18H,5,10H2,1-4H3. The van der Waals surface area contributed by atoms with E-state index in [1.54, 1.807) is 6.07 Å². The maximum Gasteiger partial charge on any atom is 0.131 e. The van der Waals surface area contributed by atoms with Crippen LogP contribution in [0.25, 0.3) is 6.08 Å². The molecule has 100 valence electrons. The number of hydrogen-bond acceptors (Lipinski definition) is 1. The van der Waals surface area contributed by atoms with E-state index in [-0.39, 0.29) is 11.4 Å². The minimum Gasteiger partial charge on any atom is -0.308 e. The second-order valence-corrected chi connectivity index (χ2v) is 6.34. The molecular weight excluding hydrogens is 293 g/mol. The topological polar surface area (TPSA) is 12.0 Å². The number of halogens is 2. The van der Waals surface area contributed by atoms with Gasteiger partial charge in [0.1, 0.15) is 5.82 Å². The molecule has 1 rings (SSSR count). The first-order valence-corrected chi connectivity index (χ1v) is 7.00. The van der Waals surface area contributed by atoms with Gasteiger partial charge in [-0.1, -0.05) is 40.6 Å². The highest BCUT2D eigenvalue weighted by Gasteiger charge is 2.09. The number of nitrogens with one attached hydrogen (secondary N) is 1. The van der Waals surface area contributed by atoms with Crippen LogP contribution in [0.5, 0.6) is 0 Å². The van der Waals surface area contributed by atoms with Gasteiger partial charge in [-0.25, -0.2) is 4.39 Å². The third-order valence-electron chi connectivity index (χ3n) is 2.62. The molecule has 0 aliphatic rings. The minimum atomic E-state index is -0.189. The van der Waals surface area contributed by atoms with Crippen LogP contribution >= 0.6 is 15.9 Å². The lowest BCUT2D eigenvalue weighted by Gasteiger charge is -2.21. The molecule has 0 saturated heterocycles. The summed E-state index contributed by atoms with van der Waals surface area (Å²) in [5, 5.41) is 3.42. The molecule has 3 heteroatoms. The smallest absolute Gasteiger partial charge is 0.131 e. The van der Waals surface area contributed by atoms with Crippen molar-refractivity contribution in [2.24, 2.45) is 0 Å². The van der Waals surface area contributed by atoms with Gasteiger partial charge in [0.25, 0.3) is 0 Å². The molecule has 0 saturated carbocycles. The van der Waals surface area contributed by atoms with Crippen LogP contribution in [0.3, 0.4) is 0 Å². The average Bonchev–Trinajstić information content (AvgIpc) is 2.25. The van der Waals surface area contributed by atoms with E-state index in [0.717, 1.165) is 17.4 Å². The summed E-state index contributed by atoms with van der Waals surface area (Å²) in [5.74, 6) is -0.189. The average molecular weight is 314 g/mol. The van der Waals surface area contributed by atoms with E-state index in [1.807, 2.05) is 12.1 Å². The maximum absolute atomic E-state index is 13.7. The fourth-order valence-electron chi connectivity index (χ4n) is 1.50. The van der Waals surface area contributed by atoms with Crippen LogP contribution in [0.4, 0.5) is 4.39 Å². The van der Waals surface area contributed by atoms with Crippen molar-refractivity contribution in [2.75, 3.05) is 6.54 Å². The van der Waals surface area contributed by atoms with Gasteiger partial charge in [-0.3, -0.25) is 0 Å². The van der Waals surface area contributed by atoms with E-state index >= 15 is 0 Å². The van der Waals surface area contributed by atoms with Gasteiger partial charge in [0.15, 0.2) is 0 Å². The molecule has 1 nitrogen and oxygen atoms in total. The Labute approximate surface area is 118 Å². The van der Waals surface area contributed by atoms with E-state index in [0.29, 0.717) is 5.56 Å². The Hall–Kier alpha value is -0.670. The molecule has 0 unspecified atom stereocenters. The van der Waals surface area contributed by atoms with E-state index < -0.39 is 0 Å². The summed E-state index contributed by atoms with van der Waals surface area (Å²) in [6.07, 6.45) is 2.85. The summed E-state index contributed by atoms with van der Waals surface area (Å²) >= 11 is 3.26. The number of hydrogen-bond donors (Lipinski definition) is 1. The van der Waals surface area contributed by atoms with Crippen LogP contribution < -0.4 is 5.32 Å². The van der Waals surface area contributed by atoms with Gasteiger partial charge in [0, 0.05) is 22.1 Å². The molecule has 0 aromatic heterocycles. The molecule has 1 N–H and O–H groups in total. The molecule has 18 heavy (non-hydrogen) atoms. The molecule has 0 aliphatic heterocycles. The van der Waals surface area contributed by atoms with Crippen molar-refractivity contribution >= 4 is 22.0 Å². The van der Waals surface area contributed by atoms with Gasteiger partial charge < -0.3 is 5.32 Å². The lowest BCUT2D eigenvalue weighted by molar-refractivity contribution is 0.443. The van der Waals surface area contributed by atoms with Crippen molar-refractivity contribution in [3.05, 3.63) is 39.6 Å². The fraction of sp³-hybridized carbons (Fsp3) is 0.467. The first-order chi connectivity index (χ1) is 8.31. The number of rotatable bonds is 4. The summed E-state index contributed by atoms with van der Waals surface area (Å²) in [5.41, 5.74) is 1.92. The lowest BCUT2D eigenvalue weighted by Crippen LogP contribution is -2.36. The second-order valence-electron chi connectivity index (χ2n) is 5.43. The Kier molecular flexibility index (Phi) is 5.54. The van der Waals surface area contributed by atoms with Crippen molar-refractivity contribution in [3.8, 4) is 0 Å². The normalized spacial score (nSPS) is 12.9. The van der Waals surface area contributed by atoms with Gasteiger partial charge >= 0.3 is 0 Å². The van der Waals surface area contributed by atoms with E-state index in [4.69, 9.17) is 0 Å². The monoisotopic (exact) mass is 313 g/mol. The van der Waals surface area contributed by atoms with Gasteiger partial charge in [0.2, 0.25) is 0 Å². The third kappa shape index (κ3) is 5.32. The van der Waals surface area contributed by atoms with E-state index in [9.17, 15) is 4.39 Å². The summed E-state index contributed by atoms with van der Waals surface area (Å²) in [4.78, 5) is 0. The Balaban J connectivity index is 2.84. The first kappa shape index (κ1) is 15.4. The van der Waals surface area contributed by atoms with Crippen molar-refractivity contribution in [1.82, 2.24) is 5.32 Å². The SMILES string of the molecule is CCC(=Cc1ccc(Br)cc1F)CNC(C)(C)C. The number of benzene rings is 1. The molecule has 0 atom stereocenters. The highest BCUT2D eigenvalue weighted by atomic mass is 79.9. The quantitative estimate of drug-likeness (QED) is 0.844. The zero-order valence-corrected chi connectivity index (χ0v) is 13.1. The molecule has 0 spiro atoms. The Morgan fingerprint density at radius 3 is 2.56 bits per heavy atom. The largest absolute Gasteiger partial charge is 0.308 e. The van der Waals surface area contributed by atoms with Gasteiger partial charge in [0.05, 0.1) is 0 Å². The molecule has 1 aromatic carbocycles. The van der Waals surface area contributed by atoms with Crippen LogP contribution in [0.15, 0.2) is 28.2 Å². The highest BCUT2D eigenvalue weighted by molar-refractivity contribution is 9.10. The highest BCUT2D eigenvalue weighted by Crippen LogP contribution is 2.18. The van der Waals surface area contributed by atoms with Crippen molar-refractivity contribution < 1.29 is 4.39 Å². The van der Waals surface area contributed by atoms with Crippen LogP contribution in [0.2, 0.25) is 0 Å². The summed E-state index contributed by atoms with van der Waals surface area (Å²) in [7, 11) is 0. The maximum atomic E-state index is 13.7. The zero-order valence-electron chi connectivity index (χ0n) is 11.5. The van der Waals surface area contributed by atoms with Crippen LogP contribution in [0, 0.1) is 5.82 Å². The van der Waals surface area contributed by atoms with Gasteiger partial charge in [-0.05, 0) is 39.3 Å². The molecule has 1 aromatic rings. The van der Waals surface area contributed by atoms with Crippen molar-refractivity contribution in [3.63, 3.8) is 0 Å². The zero-order chi connectivity index (χ0) is 13.8. The summed E-state index contributed by atoms with van der Waals surface area (Å²) in [6.45, 7) is 9.25. The van der Waals surface area contributed by atoms with Gasteiger partial charge in [-0.2, -0.15) is 0 Å². The molecule has 0 aliphatic carbocycles. The van der Waals surface area contributed by atoms with Crippen LogP contribution in [-0.2, 0) is 0 Å². The Morgan fingerprint density at radius 1 is 1.39 bits per heavy atom. The Morgan fingerprint density at radius 2 is 2.06 bits per heavy atom. The third-order valence-corrected chi connectivity index (χ3v) is 3.12. The predicted octanol–water partition coefficient (Wildman–Crippen LogP) is 4.77. The van der Waals surface area contributed by atoms with Crippen LogP contribution in [0.1, 0.15) is 39.7 Å². The molecule has 0 amide bonds. The fourth-order valence-corrected chi connectivity index (χ4v) is 1.83. The molecule has 0 radical (unpaired) electrons.